The minimum atomic E-state index is -0.207. The lowest BCUT2D eigenvalue weighted by molar-refractivity contribution is 0.0383. The molecule has 0 aliphatic rings. The third kappa shape index (κ3) is 3.57. The Labute approximate surface area is 148 Å². The van der Waals surface area contributed by atoms with Crippen molar-refractivity contribution in [3.63, 3.8) is 0 Å². The Bertz CT molecular complexity index is 834. The van der Waals surface area contributed by atoms with Crippen molar-refractivity contribution < 1.29 is 9.53 Å². The highest BCUT2D eigenvalue weighted by molar-refractivity contribution is 7.31. The van der Waals surface area contributed by atoms with E-state index in [0.29, 0.717) is 0 Å². The molecule has 1 aromatic carbocycles. The van der Waals surface area contributed by atoms with Gasteiger partial charge in [0, 0.05) is 17.0 Å². The van der Waals surface area contributed by atoms with E-state index in [1.165, 1.54) is 0 Å². The Balaban J connectivity index is 1.92. The maximum Gasteiger partial charge on any atom is 0.391 e. The van der Waals surface area contributed by atoms with Crippen molar-refractivity contribution in [3.05, 3.63) is 52.0 Å². The minimum absolute atomic E-state index is 0.102. The Kier molecular flexibility index (Phi) is 5.11. The molecule has 5 heteroatoms. The van der Waals surface area contributed by atoms with E-state index in [0.717, 1.165) is 32.5 Å². The van der Waals surface area contributed by atoms with Crippen molar-refractivity contribution in [2.45, 2.75) is 32.6 Å². The standard InChI is InChI=1S/C19H20NO2S2/c1-4-24-12-15(10-17(24)19(21)22-13(2)3)18-20-16(11-23-18)14-8-6-5-7-9-14/h5-13H,4H2,1-3H3/q+1. The van der Waals surface area contributed by atoms with E-state index in [2.05, 4.69) is 29.8 Å². The fourth-order valence-corrected chi connectivity index (χ4v) is 4.93. The van der Waals surface area contributed by atoms with Crippen molar-refractivity contribution >= 4 is 27.8 Å². The highest BCUT2D eigenvalue weighted by Crippen LogP contribution is 2.37. The molecule has 0 amide bonds. The van der Waals surface area contributed by atoms with Crippen LogP contribution in [-0.2, 0) is 10.5 Å². The molecule has 0 saturated heterocycles. The van der Waals surface area contributed by atoms with Crippen LogP contribution in [0.4, 0.5) is 0 Å². The molecule has 24 heavy (non-hydrogen) atoms. The first-order valence-corrected chi connectivity index (χ1v) is 10.3. The van der Waals surface area contributed by atoms with Gasteiger partial charge < -0.3 is 4.74 Å². The molecule has 3 aromatic rings. The number of hydrogen-bond acceptors (Lipinski definition) is 4. The second-order valence-corrected chi connectivity index (χ2v) is 8.63. The average molecular weight is 359 g/mol. The molecule has 1 atom stereocenters. The highest BCUT2D eigenvalue weighted by Gasteiger charge is 2.26. The maximum atomic E-state index is 12.3. The average Bonchev–Trinajstić information content (AvgIpc) is 3.22. The summed E-state index contributed by atoms with van der Waals surface area (Å²) in [5.74, 6) is 0.695. The summed E-state index contributed by atoms with van der Waals surface area (Å²) < 4.78 is 5.37. The van der Waals surface area contributed by atoms with Gasteiger partial charge >= 0.3 is 5.97 Å². The first-order valence-electron chi connectivity index (χ1n) is 7.94. The number of rotatable bonds is 5. The smallest absolute Gasteiger partial charge is 0.391 e. The van der Waals surface area contributed by atoms with Gasteiger partial charge in [0.25, 0.3) is 4.88 Å². The molecule has 0 bridgehead atoms. The largest absolute Gasteiger partial charge is 0.456 e. The van der Waals surface area contributed by atoms with E-state index in [-0.39, 0.29) is 22.5 Å². The maximum absolute atomic E-state index is 12.3. The zero-order valence-corrected chi connectivity index (χ0v) is 15.6. The topological polar surface area (TPSA) is 39.2 Å². The van der Waals surface area contributed by atoms with Gasteiger partial charge in [-0.2, -0.15) is 0 Å². The Hall–Kier alpha value is -1.98. The predicted molar refractivity (Wildman–Crippen MR) is 102 cm³/mol. The quantitative estimate of drug-likeness (QED) is 0.427. The summed E-state index contributed by atoms with van der Waals surface area (Å²) >= 11 is 1.61. The number of aromatic nitrogens is 1. The van der Waals surface area contributed by atoms with Gasteiger partial charge in [-0.05, 0) is 31.2 Å². The molecule has 0 aliphatic heterocycles. The van der Waals surface area contributed by atoms with Crippen LogP contribution < -0.4 is 0 Å². The number of benzene rings is 1. The van der Waals surface area contributed by atoms with Crippen molar-refractivity contribution in [1.29, 1.82) is 0 Å². The number of thiophene rings is 1. The number of carbonyl (C=O) groups is 1. The Morgan fingerprint density at radius 3 is 2.67 bits per heavy atom. The van der Waals surface area contributed by atoms with Gasteiger partial charge in [-0.15, -0.1) is 11.3 Å². The monoisotopic (exact) mass is 358 g/mol. The molecule has 0 radical (unpaired) electrons. The van der Waals surface area contributed by atoms with Crippen molar-refractivity contribution in [2.24, 2.45) is 0 Å². The van der Waals surface area contributed by atoms with E-state index in [1.54, 1.807) is 11.3 Å². The van der Waals surface area contributed by atoms with E-state index in [4.69, 9.17) is 9.72 Å². The highest BCUT2D eigenvalue weighted by atomic mass is 32.2. The summed E-state index contributed by atoms with van der Waals surface area (Å²) in [5, 5.41) is 5.17. The normalized spacial score (nSPS) is 11.8. The van der Waals surface area contributed by atoms with Gasteiger partial charge in [-0.25, -0.2) is 9.78 Å². The summed E-state index contributed by atoms with van der Waals surface area (Å²) in [4.78, 5) is 17.8. The number of ether oxygens (including phenoxy) is 1. The van der Waals surface area contributed by atoms with Gasteiger partial charge in [0.15, 0.2) is 0 Å². The van der Waals surface area contributed by atoms with E-state index < -0.39 is 0 Å². The van der Waals surface area contributed by atoms with E-state index in [9.17, 15) is 4.79 Å². The van der Waals surface area contributed by atoms with Crippen LogP contribution in [0.5, 0.6) is 0 Å². The Morgan fingerprint density at radius 1 is 1.25 bits per heavy atom. The molecule has 3 rings (SSSR count). The lowest BCUT2D eigenvalue weighted by Gasteiger charge is -2.04. The van der Waals surface area contributed by atoms with Crippen LogP contribution in [0.25, 0.3) is 21.8 Å². The summed E-state index contributed by atoms with van der Waals surface area (Å²) in [5.41, 5.74) is 3.11. The fraction of sp³-hybridized carbons (Fsp3) is 0.263. The van der Waals surface area contributed by atoms with Gasteiger partial charge in [-0.3, -0.25) is 0 Å². The van der Waals surface area contributed by atoms with Crippen LogP contribution in [0.3, 0.4) is 0 Å². The van der Waals surface area contributed by atoms with Gasteiger partial charge in [-0.1, -0.05) is 30.3 Å². The van der Waals surface area contributed by atoms with Crippen LogP contribution in [0.2, 0.25) is 0 Å². The first-order chi connectivity index (χ1) is 11.6. The number of esters is 1. The third-order valence-corrected chi connectivity index (χ3v) is 6.42. The zero-order chi connectivity index (χ0) is 17.1. The number of aryl methyl sites for hydroxylation is 1. The number of nitrogens with zero attached hydrogens (tertiary/aromatic N) is 1. The van der Waals surface area contributed by atoms with Crippen LogP contribution in [0, 0.1) is 0 Å². The summed E-state index contributed by atoms with van der Waals surface area (Å²) in [6.45, 7) is 5.84. The van der Waals surface area contributed by atoms with Crippen molar-refractivity contribution in [3.8, 4) is 21.8 Å². The molecule has 0 saturated carbocycles. The van der Waals surface area contributed by atoms with Crippen LogP contribution in [-0.4, -0.2) is 17.1 Å². The van der Waals surface area contributed by atoms with Crippen LogP contribution in [0.15, 0.2) is 47.2 Å². The lowest BCUT2D eigenvalue weighted by Crippen LogP contribution is -2.10. The van der Waals surface area contributed by atoms with Crippen LogP contribution >= 0.6 is 21.8 Å². The first kappa shape index (κ1) is 16.9. The van der Waals surface area contributed by atoms with E-state index in [1.807, 2.05) is 38.1 Å². The minimum Gasteiger partial charge on any atom is -0.456 e. The Morgan fingerprint density at radius 2 is 2.00 bits per heavy atom. The van der Waals surface area contributed by atoms with Gasteiger partial charge in [0.1, 0.15) is 16.1 Å². The molecule has 0 fully saturated rings. The lowest BCUT2D eigenvalue weighted by atomic mass is 10.2. The van der Waals surface area contributed by atoms with Crippen molar-refractivity contribution in [2.75, 3.05) is 0 Å². The number of carbonyl (C=O) groups excluding carboxylic acids is 1. The molecule has 0 N–H and O–H groups in total. The van der Waals surface area contributed by atoms with E-state index >= 15 is 0 Å². The molecular weight excluding hydrogens is 338 g/mol. The molecule has 124 valence electrons. The molecule has 2 heterocycles. The number of hydrogen-bond donors (Lipinski definition) is 0. The SMILES string of the molecule is CC[s+]1cc(-c2nc(-c3ccccc3)cs2)cc1C(=O)OC(C)C. The van der Waals surface area contributed by atoms with Crippen LogP contribution in [0.1, 0.15) is 30.4 Å². The second-order valence-electron chi connectivity index (χ2n) is 5.66. The molecule has 2 aromatic heterocycles. The molecule has 3 nitrogen and oxygen atoms in total. The van der Waals surface area contributed by atoms with Crippen molar-refractivity contribution in [1.82, 2.24) is 4.98 Å². The second kappa shape index (κ2) is 7.28. The molecular formula is C19H20NO2S2+. The van der Waals surface area contributed by atoms with Gasteiger partial charge in [0.05, 0.1) is 17.4 Å². The van der Waals surface area contributed by atoms with Gasteiger partial charge in [0.2, 0.25) is 0 Å². The molecule has 0 spiro atoms. The summed E-state index contributed by atoms with van der Waals surface area (Å²) in [6, 6.07) is 12.1. The molecule has 0 aliphatic carbocycles. The molecule has 1 unspecified atom stereocenters. The predicted octanol–water partition coefficient (Wildman–Crippen LogP) is 5.81. The summed E-state index contributed by atoms with van der Waals surface area (Å²) in [6.07, 6.45) is -0.102. The summed E-state index contributed by atoms with van der Waals surface area (Å²) in [7, 11) is -0.193. The fourth-order valence-electron chi connectivity index (χ4n) is 2.40. The third-order valence-electron chi connectivity index (χ3n) is 3.51. The zero-order valence-electron chi connectivity index (χ0n) is 14.0. The number of thiazole rings is 1.